The van der Waals surface area contributed by atoms with Crippen LogP contribution in [0.25, 0.3) is 0 Å². The topological polar surface area (TPSA) is 26.3 Å². The van der Waals surface area contributed by atoms with Crippen LogP contribution in [0.1, 0.15) is 13.3 Å². The van der Waals surface area contributed by atoms with E-state index in [-0.39, 0.29) is 0 Å². The van der Waals surface area contributed by atoms with Gasteiger partial charge in [-0.3, -0.25) is 4.79 Å². The lowest BCUT2D eigenvalue weighted by Crippen LogP contribution is -2.61. The molecule has 0 saturated carbocycles. The van der Waals surface area contributed by atoms with Gasteiger partial charge in [-0.15, -0.1) is 6.58 Å². The summed E-state index contributed by atoms with van der Waals surface area (Å²) >= 11 is 0. The Morgan fingerprint density at radius 3 is 1.96 bits per heavy atom. The molecule has 2 nitrogen and oxygen atoms in total. The third kappa shape index (κ3) is 4.31. The Morgan fingerprint density at radius 2 is 1.57 bits per heavy atom. The summed E-state index contributed by atoms with van der Waals surface area (Å²) < 4.78 is 118. The van der Waals surface area contributed by atoms with Crippen LogP contribution < -0.4 is 0 Å². The van der Waals surface area contributed by atoms with Crippen molar-refractivity contribution in [3.8, 4) is 0 Å². The average molecular weight is 360 g/mol. The number of carbonyl (C=O) groups is 1. The molecule has 0 rings (SSSR count). The molecule has 0 N–H and O–H groups in total. The van der Waals surface area contributed by atoms with E-state index in [9.17, 15) is 44.3 Å². The van der Waals surface area contributed by atoms with Crippen LogP contribution in [0.4, 0.5) is 39.5 Å². The summed E-state index contributed by atoms with van der Waals surface area (Å²) in [7, 11) is 0. The van der Waals surface area contributed by atoms with Gasteiger partial charge in [-0.05, 0) is 6.92 Å². The second kappa shape index (κ2) is 7.43. The minimum Gasteiger partial charge on any atom is -0.465 e. The summed E-state index contributed by atoms with van der Waals surface area (Å²) in [5.41, 5.74) is 0. The predicted octanol–water partition coefficient (Wildman–Crippen LogP) is 4.25. The maximum absolute atomic E-state index is 13.2. The molecule has 136 valence electrons. The average Bonchev–Trinajstić information content (AvgIpc) is 2.45. The Morgan fingerprint density at radius 1 is 1.09 bits per heavy atom. The Bertz CT molecular complexity index is 423. The zero-order chi connectivity index (χ0) is 18.6. The SMILES string of the molecule is C=CC(C)C(=O)OCCC(F)C(F)(F)C(F)(F)C(F)(F)C(F)F. The van der Waals surface area contributed by atoms with Crippen LogP contribution in [-0.4, -0.2) is 42.9 Å². The molecule has 0 amide bonds. The van der Waals surface area contributed by atoms with Gasteiger partial charge < -0.3 is 4.74 Å². The Kier molecular flexibility index (Phi) is 6.97. The molecule has 0 aliphatic rings. The third-order valence-corrected chi connectivity index (χ3v) is 2.85. The molecule has 0 saturated heterocycles. The van der Waals surface area contributed by atoms with Crippen molar-refractivity contribution in [3.63, 3.8) is 0 Å². The monoisotopic (exact) mass is 360 g/mol. The minimum absolute atomic E-state index is 0.904. The van der Waals surface area contributed by atoms with Gasteiger partial charge in [0.15, 0.2) is 6.17 Å². The van der Waals surface area contributed by atoms with Crippen LogP contribution in [0.2, 0.25) is 0 Å². The maximum atomic E-state index is 13.2. The molecule has 0 spiro atoms. The lowest BCUT2D eigenvalue weighted by atomic mass is 9.99. The summed E-state index contributed by atoms with van der Waals surface area (Å²) in [5, 5.41) is 0. The van der Waals surface area contributed by atoms with E-state index in [2.05, 4.69) is 11.3 Å². The van der Waals surface area contributed by atoms with Crippen molar-refractivity contribution in [2.75, 3.05) is 6.61 Å². The molecule has 0 aliphatic heterocycles. The molecular formula is C12H13F9O2. The molecule has 0 aliphatic carbocycles. The van der Waals surface area contributed by atoms with Gasteiger partial charge in [-0.25, -0.2) is 13.2 Å². The Hall–Kier alpha value is -1.42. The standard InChI is InChI=1S/C12H13F9O2/c1-3-6(2)8(22)23-5-4-7(13)10(16,17)12(20,21)11(18,19)9(14)15/h3,6-7,9H,1,4-5H2,2H3. The van der Waals surface area contributed by atoms with Crippen LogP contribution in [0, 0.1) is 5.92 Å². The highest BCUT2D eigenvalue weighted by Crippen LogP contribution is 2.50. The Balaban J connectivity index is 4.94. The van der Waals surface area contributed by atoms with Crippen molar-refractivity contribution in [2.24, 2.45) is 5.92 Å². The molecule has 23 heavy (non-hydrogen) atoms. The molecule has 2 unspecified atom stereocenters. The minimum atomic E-state index is -6.63. The quantitative estimate of drug-likeness (QED) is 0.349. The first-order chi connectivity index (χ1) is 10.2. The molecule has 0 radical (unpaired) electrons. The van der Waals surface area contributed by atoms with E-state index < -0.39 is 55.3 Å². The molecule has 0 fully saturated rings. The maximum Gasteiger partial charge on any atom is 0.380 e. The van der Waals surface area contributed by atoms with Crippen LogP contribution in [0.5, 0.6) is 0 Å². The number of ether oxygens (including phenoxy) is 1. The van der Waals surface area contributed by atoms with E-state index in [0.717, 1.165) is 6.08 Å². The smallest absolute Gasteiger partial charge is 0.380 e. The van der Waals surface area contributed by atoms with E-state index in [0.29, 0.717) is 0 Å². The second-order valence-electron chi connectivity index (χ2n) is 4.57. The highest BCUT2D eigenvalue weighted by Gasteiger charge is 2.77. The summed E-state index contributed by atoms with van der Waals surface area (Å²) in [6, 6.07) is 0. The number of rotatable bonds is 9. The van der Waals surface area contributed by atoms with Gasteiger partial charge in [0.25, 0.3) is 0 Å². The first-order valence-electron chi connectivity index (χ1n) is 6.08. The molecular weight excluding hydrogens is 347 g/mol. The first kappa shape index (κ1) is 21.6. The van der Waals surface area contributed by atoms with Crippen molar-refractivity contribution in [3.05, 3.63) is 12.7 Å². The molecule has 0 aromatic carbocycles. The van der Waals surface area contributed by atoms with E-state index >= 15 is 0 Å². The molecule has 0 aromatic heterocycles. The summed E-state index contributed by atoms with van der Waals surface area (Å²) in [6.45, 7) is 3.33. The normalized spacial score (nSPS) is 16.1. The number of halogens is 9. The summed E-state index contributed by atoms with van der Waals surface area (Å²) in [6.07, 6.45) is -9.56. The molecule has 0 heterocycles. The zero-order valence-corrected chi connectivity index (χ0v) is 11.6. The van der Waals surface area contributed by atoms with E-state index in [4.69, 9.17) is 0 Å². The fourth-order valence-electron chi connectivity index (χ4n) is 1.23. The van der Waals surface area contributed by atoms with Crippen LogP contribution in [-0.2, 0) is 9.53 Å². The largest absolute Gasteiger partial charge is 0.465 e. The van der Waals surface area contributed by atoms with Gasteiger partial charge in [-0.2, -0.15) is 26.3 Å². The molecule has 2 atom stereocenters. The van der Waals surface area contributed by atoms with Crippen molar-refractivity contribution in [1.82, 2.24) is 0 Å². The van der Waals surface area contributed by atoms with Gasteiger partial charge in [0.05, 0.1) is 12.5 Å². The van der Waals surface area contributed by atoms with E-state index in [1.54, 1.807) is 0 Å². The number of alkyl halides is 9. The molecule has 0 bridgehead atoms. The van der Waals surface area contributed by atoms with Gasteiger partial charge >= 0.3 is 30.2 Å². The fraction of sp³-hybridized carbons (Fsp3) is 0.750. The number of hydrogen-bond donors (Lipinski definition) is 0. The van der Waals surface area contributed by atoms with Crippen LogP contribution in [0.15, 0.2) is 12.7 Å². The molecule has 11 heteroatoms. The lowest BCUT2D eigenvalue weighted by Gasteiger charge is -2.33. The van der Waals surface area contributed by atoms with Crippen LogP contribution >= 0.6 is 0 Å². The van der Waals surface area contributed by atoms with Crippen molar-refractivity contribution < 1.29 is 49.0 Å². The number of hydrogen-bond acceptors (Lipinski definition) is 2. The summed E-state index contributed by atoms with van der Waals surface area (Å²) in [4.78, 5) is 11.1. The van der Waals surface area contributed by atoms with Crippen molar-refractivity contribution in [1.29, 1.82) is 0 Å². The third-order valence-electron chi connectivity index (χ3n) is 2.85. The van der Waals surface area contributed by atoms with Gasteiger partial charge in [-0.1, -0.05) is 6.08 Å². The number of carbonyl (C=O) groups excluding carboxylic acids is 1. The summed E-state index contributed by atoms with van der Waals surface area (Å²) in [5.74, 6) is -21.1. The fourth-order valence-corrected chi connectivity index (χ4v) is 1.23. The zero-order valence-electron chi connectivity index (χ0n) is 11.6. The Labute approximate surface area is 125 Å². The second-order valence-corrected chi connectivity index (χ2v) is 4.57. The highest BCUT2D eigenvalue weighted by molar-refractivity contribution is 5.73. The molecule has 0 aromatic rings. The van der Waals surface area contributed by atoms with Crippen molar-refractivity contribution in [2.45, 2.75) is 43.7 Å². The van der Waals surface area contributed by atoms with E-state index in [1.807, 2.05) is 0 Å². The lowest BCUT2D eigenvalue weighted by molar-refractivity contribution is -0.351. The van der Waals surface area contributed by atoms with Gasteiger partial charge in [0.2, 0.25) is 0 Å². The van der Waals surface area contributed by atoms with Gasteiger partial charge in [0, 0.05) is 6.42 Å². The van der Waals surface area contributed by atoms with Crippen molar-refractivity contribution >= 4 is 5.97 Å². The predicted molar refractivity (Wildman–Crippen MR) is 60.7 cm³/mol. The first-order valence-corrected chi connectivity index (χ1v) is 6.08. The van der Waals surface area contributed by atoms with E-state index in [1.165, 1.54) is 6.92 Å². The highest BCUT2D eigenvalue weighted by atomic mass is 19.4. The number of esters is 1. The van der Waals surface area contributed by atoms with Crippen LogP contribution in [0.3, 0.4) is 0 Å². The van der Waals surface area contributed by atoms with Gasteiger partial charge in [0.1, 0.15) is 0 Å².